The Bertz CT molecular complexity index is 718. The molecule has 0 unspecified atom stereocenters. The molecule has 2 aromatic rings. The Kier molecular flexibility index (Phi) is 4.20. The monoisotopic (exact) mass is 347 g/mol. The summed E-state index contributed by atoms with van der Waals surface area (Å²) in [7, 11) is 0. The molecule has 1 aliphatic carbocycles. The van der Waals surface area contributed by atoms with Gasteiger partial charge in [-0.15, -0.1) is 11.8 Å². The molecule has 23 heavy (non-hydrogen) atoms. The minimum absolute atomic E-state index is 0.185. The number of hydrogen-bond donors (Lipinski definition) is 1. The minimum atomic E-state index is 0.185. The van der Waals surface area contributed by atoms with Crippen LogP contribution in [0.25, 0.3) is 10.2 Å². The van der Waals surface area contributed by atoms with E-state index in [1.54, 1.807) is 23.1 Å². The SMILES string of the molecule is CSc1ccc2nc(N3CCC(C(=O)NC4CC4)CC3)sc2c1. The van der Waals surface area contributed by atoms with E-state index in [0.29, 0.717) is 6.04 Å². The van der Waals surface area contributed by atoms with Gasteiger partial charge >= 0.3 is 0 Å². The largest absolute Gasteiger partial charge is 0.353 e. The van der Waals surface area contributed by atoms with E-state index in [-0.39, 0.29) is 11.8 Å². The van der Waals surface area contributed by atoms with Gasteiger partial charge in [-0.2, -0.15) is 0 Å². The highest BCUT2D eigenvalue weighted by Crippen LogP contribution is 2.33. The second kappa shape index (κ2) is 6.32. The van der Waals surface area contributed by atoms with Gasteiger partial charge in [0.1, 0.15) is 0 Å². The lowest BCUT2D eigenvalue weighted by Crippen LogP contribution is -2.41. The number of anilines is 1. The molecule has 6 heteroatoms. The van der Waals surface area contributed by atoms with Crippen LogP contribution in [0.15, 0.2) is 23.1 Å². The molecule has 1 aromatic heterocycles. The Morgan fingerprint density at radius 1 is 1.30 bits per heavy atom. The van der Waals surface area contributed by atoms with Gasteiger partial charge in [-0.25, -0.2) is 4.98 Å². The highest BCUT2D eigenvalue weighted by atomic mass is 32.2. The van der Waals surface area contributed by atoms with Crippen LogP contribution in [0.1, 0.15) is 25.7 Å². The molecule has 0 bridgehead atoms. The molecule has 2 fully saturated rings. The van der Waals surface area contributed by atoms with Crippen molar-refractivity contribution in [2.45, 2.75) is 36.6 Å². The molecule has 0 spiro atoms. The van der Waals surface area contributed by atoms with Gasteiger partial charge in [0.2, 0.25) is 5.91 Å². The molecule has 1 saturated heterocycles. The van der Waals surface area contributed by atoms with E-state index in [0.717, 1.165) is 49.4 Å². The fourth-order valence-electron chi connectivity index (χ4n) is 3.03. The van der Waals surface area contributed by atoms with Crippen molar-refractivity contribution in [2.75, 3.05) is 24.2 Å². The fourth-order valence-corrected chi connectivity index (χ4v) is 4.61. The van der Waals surface area contributed by atoms with E-state index in [9.17, 15) is 4.79 Å². The van der Waals surface area contributed by atoms with Gasteiger partial charge < -0.3 is 10.2 Å². The molecule has 1 aromatic carbocycles. The first kappa shape index (κ1) is 15.3. The van der Waals surface area contributed by atoms with Crippen LogP contribution in [-0.4, -0.2) is 36.3 Å². The molecule has 1 aliphatic heterocycles. The van der Waals surface area contributed by atoms with Crippen molar-refractivity contribution in [3.63, 3.8) is 0 Å². The third kappa shape index (κ3) is 3.33. The van der Waals surface area contributed by atoms with Crippen molar-refractivity contribution >= 4 is 44.4 Å². The average Bonchev–Trinajstić information content (AvgIpc) is 3.29. The number of benzene rings is 1. The van der Waals surface area contributed by atoms with Crippen LogP contribution in [0.2, 0.25) is 0 Å². The first-order valence-corrected chi connectivity index (χ1v) is 10.3. The van der Waals surface area contributed by atoms with Crippen LogP contribution in [0, 0.1) is 5.92 Å². The Morgan fingerprint density at radius 3 is 2.78 bits per heavy atom. The summed E-state index contributed by atoms with van der Waals surface area (Å²) >= 11 is 3.53. The molecule has 2 heterocycles. The molecule has 1 saturated carbocycles. The molecule has 4 rings (SSSR count). The van der Waals surface area contributed by atoms with Gasteiger partial charge in [0.05, 0.1) is 10.2 Å². The number of rotatable bonds is 4. The maximum absolute atomic E-state index is 12.2. The Balaban J connectivity index is 1.42. The average molecular weight is 348 g/mol. The number of thiazole rings is 1. The number of fused-ring (bicyclic) bond motifs is 1. The lowest BCUT2D eigenvalue weighted by molar-refractivity contribution is -0.125. The quantitative estimate of drug-likeness (QED) is 0.860. The van der Waals surface area contributed by atoms with Crippen molar-refractivity contribution in [3.05, 3.63) is 18.2 Å². The summed E-state index contributed by atoms with van der Waals surface area (Å²) in [6, 6.07) is 6.93. The van der Waals surface area contributed by atoms with Crippen molar-refractivity contribution in [1.29, 1.82) is 0 Å². The van der Waals surface area contributed by atoms with Gasteiger partial charge in [-0.3, -0.25) is 4.79 Å². The number of carbonyl (C=O) groups is 1. The maximum Gasteiger partial charge on any atom is 0.223 e. The van der Waals surface area contributed by atoms with E-state index in [4.69, 9.17) is 4.98 Å². The second-order valence-electron chi connectivity index (χ2n) is 6.37. The minimum Gasteiger partial charge on any atom is -0.353 e. The molecule has 1 amide bonds. The summed E-state index contributed by atoms with van der Waals surface area (Å²) in [5.74, 6) is 0.449. The number of thioether (sulfide) groups is 1. The number of carbonyl (C=O) groups excluding carboxylic acids is 1. The third-order valence-electron chi connectivity index (χ3n) is 4.64. The molecular weight excluding hydrogens is 326 g/mol. The molecule has 1 N–H and O–H groups in total. The van der Waals surface area contributed by atoms with Gasteiger partial charge in [0.15, 0.2) is 5.13 Å². The standard InChI is InChI=1S/C17H21N3OS2/c1-22-13-4-5-14-15(10-13)23-17(19-14)20-8-6-11(7-9-20)16(21)18-12-2-3-12/h4-5,10-12H,2-3,6-9H2,1H3,(H,18,21). The van der Waals surface area contributed by atoms with E-state index < -0.39 is 0 Å². The fraction of sp³-hybridized carbons (Fsp3) is 0.529. The van der Waals surface area contributed by atoms with Crippen LogP contribution >= 0.6 is 23.1 Å². The van der Waals surface area contributed by atoms with Crippen LogP contribution in [0.4, 0.5) is 5.13 Å². The smallest absolute Gasteiger partial charge is 0.223 e. The van der Waals surface area contributed by atoms with Gasteiger partial charge in [0, 0.05) is 29.9 Å². The van der Waals surface area contributed by atoms with Gasteiger partial charge in [-0.1, -0.05) is 11.3 Å². The van der Waals surface area contributed by atoms with Crippen molar-refractivity contribution in [1.82, 2.24) is 10.3 Å². The summed E-state index contributed by atoms with van der Waals surface area (Å²) in [5.41, 5.74) is 1.08. The molecule has 122 valence electrons. The van der Waals surface area contributed by atoms with E-state index in [2.05, 4.69) is 34.7 Å². The van der Waals surface area contributed by atoms with Crippen molar-refractivity contribution in [2.24, 2.45) is 5.92 Å². The number of nitrogens with one attached hydrogen (secondary N) is 1. The Hall–Kier alpha value is -1.27. The van der Waals surface area contributed by atoms with Crippen LogP contribution < -0.4 is 10.2 Å². The van der Waals surface area contributed by atoms with Crippen LogP contribution in [0.3, 0.4) is 0 Å². The number of hydrogen-bond acceptors (Lipinski definition) is 5. The molecule has 4 nitrogen and oxygen atoms in total. The van der Waals surface area contributed by atoms with E-state index >= 15 is 0 Å². The summed E-state index contributed by atoms with van der Waals surface area (Å²) in [5, 5.41) is 4.24. The highest BCUT2D eigenvalue weighted by molar-refractivity contribution is 7.98. The summed E-state index contributed by atoms with van der Waals surface area (Å²) in [6.45, 7) is 1.86. The number of nitrogens with zero attached hydrogens (tertiary/aromatic N) is 2. The molecule has 0 atom stereocenters. The lowest BCUT2D eigenvalue weighted by Gasteiger charge is -2.31. The lowest BCUT2D eigenvalue weighted by atomic mass is 9.96. The normalized spacial score (nSPS) is 19.3. The highest BCUT2D eigenvalue weighted by Gasteiger charge is 2.30. The van der Waals surface area contributed by atoms with Crippen LogP contribution in [-0.2, 0) is 4.79 Å². The summed E-state index contributed by atoms with van der Waals surface area (Å²) < 4.78 is 1.25. The first-order chi connectivity index (χ1) is 11.2. The zero-order chi connectivity index (χ0) is 15.8. The Morgan fingerprint density at radius 2 is 2.09 bits per heavy atom. The summed E-state index contributed by atoms with van der Waals surface area (Å²) in [6.07, 6.45) is 6.29. The predicted molar refractivity (Wildman–Crippen MR) is 97.5 cm³/mol. The summed E-state index contributed by atoms with van der Waals surface area (Å²) in [4.78, 5) is 20.6. The van der Waals surface area contributed by atoms with Crippen molar-refractivity contribution in [3.8, 4) is 0 Å². The Labute approximate surface area is 144 Å². The van der Waals surface area contributed by atoms with Crippen LogP contribution in [0.5, 0.6) is 0 Å². The topological polar surface area (TPSA) is 45.2 Å². The van der Waals surface area contributed by atoms with Gasteiger partial charge in [0.25, 0.3) is 0 Å². The molecule has 0 radical (unpaired) electrons. The number of amides is 1. The number of piperidine rings is 1. The first-order valence-electron chi connectivity index (χ1n) is 8.23. The zero-order valence-corrected chi connectivity index (χ0v) is 14.9. The second-order valence-corrected chi connectivity index (χ2v) is 8.26. The van der Waals surface area contributed by atoms with E-state index in [1.807, 2.05) is 0 Å². The molecule has 2 aliphatic rings. The predicted octanol–water partition coefficient (Wildman–Crippen LogP) is 3.51. The number of aromatic nitrogens is 1. The van der Waals surface area contributed by atoms with E-state index in [1.165, 1.54) is 9.60 Å². The molecular formula is C17H21N3OS2. The van der Waals surface area contributed by atoms with Gasteiger partial charge in [-0.05, 0) is 50.1 Å². The zero-order valence-electron chi connectivity index (χ0n) is 13.2. The maximum atomic E-state index is 12.2. The third-order valence-corrected chi connectivity index (χ3v) is 6.45. The van der Waals surface area contributed by atoms with Crippen molar-refractivity contribution < 1.29 is 4.79 Å².